The van der Waals surface area contributed by atoms with Gasteiger partial charge in [-0.05, 0) is 78.7 Å². The van der Waals surface area contributed by atoms with Gasteiger partial charge in [-0.3, -0.25) is 4.90 Å². The number of likely N-dealkylation sites (N-methyl/N-ethyl adjacent to an activating group) is 1. The smallest absolute Gasteiger partial charge is 0.119 e. The highest BCUT2D eigenvalue weighted by Crippen LogP contribution is 2.47. The quantitative estimate of drug-likeness (QED) is 0.693. The summed E-state index contributed by atoms with van der Waals surface area (Å²) in [5.41, 5.74) is 5.40. The molecule has 2 heterocycles. The summed E-state index contributed by atoms with van der Waals surface area (Å²) in [5, 5.41) is 10.6. The van der Waals surface area contributed by atoms with E-state index in [1.807, 2.05) is 12.1 Å². The van der Waals surface area contributed by atoms with E-state index < -0.39 is 0 Å². The number of nitrogens with zero attached hydrogens (tertiary/aromatic N) is 2. The molecular formula is C28H38N2O4. The third-order valence-corrected chi connectivity index (χ3v) is 7.93. The fourth-order valence-corrected chi connectivity index (χ4v) is 5.80. The molecule has 4 unspecified atom stereocenters. The molecular weight excluding hydrogens is 428 g/mol. The zero-order chi connectivity index (χ0) is 23.7. The topological polar surface area (TPSA) is 57.7 Å². The van der Waals surface area contributed by atoms with E-state index in [9.17, 15) is 5.11 Å². The first kappa shape index (κ1) is 23.6. The van der Waals surface area contributed by atoms with Crippen molar-refractivity contribution in [3.05, 3.63) is 58.7 Å². The van der Waals surface area contributed by atoms with Gasteiger partial charge in [0.15, 0.2) is 0 Å². The van der Waals surface area contributed by atoms with E-state index in [4.69, 9.17) is 14.2 Å². The van der Waals surface area contributed by atoms with E-state index in [1.54, 1.807) is 14.2 Å². The van der Waals surface area contributed by atoms with Crippen molar-refractivity contribution in [3.8, 4) is 11.5 Å². The van der Waals surface area contributed by atoms with Crippen LogP contribution in [0.1, 0.15) is 54.2 Å². The van der Waals surface area contributed by atoms with Gasteiger partial charge in [0.1, 0.15) is 17.6 Å². The Balaban J connectivity index is 0.000000157. The monoisotopic (exact) mass is 466 g/mol. The van der Waals surface area contributed by atoms with Crippen molar-refractivity contribution in [2.45, 2.75) is 57.0 Å². The van der Waals surface area contributed by atoms with Gasteiger partial charge in [-0.15, -0.1) is 0 Å². The summed E-state index contributed by atoms with van der Waals surface area (Å²) in [6, 6.07) is 12.7. The number of hydrogen-bond donors (Lipinski definition) is 1. The lowest BCUT2D eigenvalue weighted by Crippen LogP contribution is -2.50. The van der Waals surface area contributed by atoms with Crippen LogP contribution in [0.5, 0.6) is 11.5 Å². The molecule has 34 heavy (non-hydrogen) atoms. The van der Waals surface area contributed by atoms with E-state index in [0.717, 1.165) is 63.5 Å². The van der Waals surface area contributed by atoms with Crippen LogP contribution in [0.4, 0.5) is 0 Å². The summed E-state index contributed by atoms with van der Waals surface area (Å²) in [7, 11) is 3.41. The second-order valence-corrected chi connectivity index (χ2v) is 9.78. The van der Waals surface area contributed by atoms with Crippen molar-refractivity contribution in [3.63, 3.8) is 0 Å². The fourth-order valence-electron chi connectivity index (χ4n) is 5.80. The summed E-state index contributed by atoms with van der Waals surface area (Å²) in [4.78, 5) is 4.92. The van der Waals surface area contributed by atoms with Crippen LogP contribution in [-0.2, 0) is 17.6 Å². The Labute approximate surface area is 203 Å². The predicted octanol–water partition coefficient (Wildman–Crippen LogP) is 3.76. The summed E-state index contributed by atoms with van der Waals surface area (Å²) in [6.07, 6.45) is 4.77. The molecule has 2 aliphatic heterocycles. The van der Waals surface area contributed by atoms with Gasteiger partial charge in [0.2, 0.25) is 0 Å². The highest BCUT2D eigenvalue weighted by Gasteiger charge is 2.44. The van der Waals surface area contributed by atoms with Crippen LogP contribution < -0.4 is 9.47 Å². The predicted molar refractivity (Wildman–Crippen MR) is 133 cm³/mol. The molecule has 0 amide bonds. The molecule has 0 spiro atoms. The molecule has 2 saturated heterocycles. The first-order chi connectivity index (χ1) is 16.6. The summed E-state index contributed by atoms with van der Waals surface area (Å²) < 4.78 is 16.1. The van der Waals surface area contributed by atoms with Gasteiger partial charge in [0.25, 0.3) is 0 Å². The number of aliphatic hydroxyl groups is 1. The van der Waals surface area contributed by atoms with Crippen LogP contribution in [0.15, 0.2) is 36.4 Å². The molecule has 184 valence electrons. The van der Waals surface area contributed by atoms with Crippen molar-refractivity contribution < 1.29 is 19.3 Å². The molecule has 1 N–H and O–H groups in total. The Bertz CT molecular complexity index is 988. The van der Waals surface area contributed by atoms with Crippen LogP contribution in [0.3, 0.4) is 0 Å². The van der Waals surface area contributed by atoms with Crippen molar-refractivity contribution >= 4 is 0 Å². The molecule has 6 nitrogen and oxygen atoms in total. The second kappa shape index (κ2) is 10.2. The average molecular weight is 467 g/mol. The maximum Gasteiger partial charge on any atom is 0.119 e. The van der Waals surface area contributed by atoms with E-state index in [1.165, 1.54) is 28.7 Å². The van der Waals surface area contributed by atoms with E-state index in [0.29, 0.717) is 12.2 Å². The average Bonchev–Trinajstić information content (AvgIpc) is 3.69. The van der Waals surface area contributed by atoms with Gasteiger partial charge in [-0.25, -0.2) is 0 Å². The number of benzene rings is 2. The molecule has 2 fully saturated rings. The Kier molecular flexibility index (Phi) is 7.11. The lowest BCUT2D eigenvalue weighted by Gasteiger charge is -2.43. The zero-order valence-electron chi connectivity index (χ0n) is 20.7. The summed E-state index contributed by atoms with van der Waals surface area (Å²) in [5.74, 6) is 1.83. The van der Waals surface area contributed by atoms with Crippen LogP contribution in [-0.4, -0.2) is 74.1 Å². The highest BCUT2D eigenvalue weighted by atomic mass is 16.6. The number of ether oxygens (including phenoxy) is 3. The molecule has 6 heteroatoms. The van der Waals surface area contributed by atoms with Gasteiger partial charge in [-0.1, -0.05) is 19.1 Å². The number of methoxy groups -OCH3 is 2. The van der Waals surface area contributed by atoms with Gasteiger partial charge < -0.3 is 24.2 Å². The molecule has 0 bridgehead atoms. The highest BCUT2D eigenvalue weighted by molar-refractivity contribution is 5.42. The normalized spacial score (nSPS) is 28.0. The molecule has 4 aliphatic rings. The lowest BCUT2D eigenvalue weighted by molar-refractivity contribution is 0.00930. The fraction of sp³-hybridized carbons (Fsp3) is 0.571. The first-order valence-electron chi connectivity index (χ1n) is 12.7. The summed E-state index contributed by atoms with van der Waals surface area (Å²) >= 11 is 0. The minimum absolute atomic E-state index is 0.128. The minimum atomic E-state index is -0.266. The van der Waals surface area contributed by atoms with Crippen molar-refractivity contribution in [1.82, 2.24) is 9.80 Å². The zero-order valence-corrected chi connectivity index (χ0v) is 20.7. The Hall–Kier alpha value is -2.12. The van der Waals surface area contributed by atoms with Gasteiger partial charge in [0.05, 0.1) is 32.5 Å². The second-order valence-electron chi connectivity index (χ2n) is 9.78. The van der Waals surface area contributed by atoms with Crippen LogP contribution in [0, 0.1) is 0 Å². The number of fused-ring (bicyclic) bond motifs is 4. The molecule has 2 aromatic rings. The minimum Gasteiger partial charge on any atom is -0.497 e. The molecule has 4 atom stereocenters. The molecule has 6 rings (SSSR count). The SMILES string of the molecule is CCN1CCN(C2c3cc(OC)ccc3CCC2O)CC1.COc1ccc2c(c1)C1OC1CC2. The first-order valence-corrected chi connectivity index (χ1v) is 12.7. The van der Waals surface area contributed by atoms with Crippen LogP contribution in [0.2, 0.25) is 0 Å². The molecule has 2 aliphatic carbocycles. The van der Waals surface area contributed by atoms with Crippen molar-refractivity contribution in [1.29, 1.82) is 0 Å². The number of hydrogen-bond acceptors (Lipinski definition) is 6. The van der Waals surface area contributed by atoms with Crippen LogP contribution in [0.25, 0.3) is 0 Å². The molecule has 0 radical (unpaired) electrons. The Morgan fingerprint density at radius 2 is 1.50 bits per heavy atom. The van der Waals surface area contributed by atoms with E-state index in [2.05, 4.69) is 41.0 Å². The van der Waals surface area contributed by atoms with E-state index in [-0.39, 0.29) is 12.1 Å². The maximum atomic E-state index is 10.6. The Morgan fingerprint density at radius 1 is 0.882 bits per heavy atom. The third-order valence-electron chi connectivity index (χ3n) is 7.93. The molecule has 0 aromatic heterocycles. The number of rotatable bonds is 4. The Morgan fingerprint density at radius 3 is 2.15 bits per heavy atom. The van der Waals surface area contributed by atoms with Gasteiger partial charge in [-0.2, -0.15) is 0 Å². The third kappa shape index (κ3) is 4.82. The lowest BCUT2D eigenvalue weighted by atomic mass is 9.84. The number of aryl methyl sites for hydroxylation is 2. The number of aliphatic hydroxyl groups excluding tert-OH is 1. The number of piperazine rings is 1. The van der Waals surface area contributed by atoms with Crippen molar-refractivity contribution in [2.24, 2.45) is 0 Å². The summed E-state index contributed by atoms with van der Waals surface area (Å²) in [6.45, 7) is 7.59. The van der Waals surface area contributed by atoms with Crippen molar-refractivity contribution in [2.75, 3.05) is 46.9 Å². The number of epoxide rings is 1. The van der Waals surface area contributed by atoms with Gasteiger partial charge in [0, 0.05) is 26.2 Å². The maximum absolute atomic E-state index is 10.6. The largest absolute Gasteiger partial charge is 0.497 e. The van der Waals surface area contributed by atoms with Crippen LogP contribution >= 0.6 is 0 Å². The van der Waals surface area contributed by atoms with E-state index >= 15 is 0 Å². The molecule has 0 saturated carbocycles. The standard InChI is InChI=1S/C17H26N2O2.C11H12O2/c1-3-18-8-10-19(11-9-18)17-15-12-14(21-2)6-4-13(15)5-7-16(17)20;1-12-8-4-2-7-3-5-10-11(13-10)9(7)6-8/h4,6,12,16-17,20H,3,5,7-11H2,1-2H3;2,4,6,10-11H,3,5H2,1H3. The molecule has 2 aromatic carbocycles. The van der Waals surface area contributed by atoms with Gasteiger partial charge >= 0.3 is 0 Å².